The Balaban J connectivity index is 1.21. The van der Waals surface area contributed by atoms with Crippen molar-refractivity contribution in [1.29, 1.82) is 5.26 Å². The topological polar surface area (TPSA) is 93.4 Å². The smallest absolute Gasteiger partial charge is 0.238 e. The van der Waals surface area contributed by atoms with Gasteiger partial charge in [0.15, 0.2) is 11.6 Å². The number of aromatic nitrogens is 5. The monoisotopic (exact) mass is 690 g/mol. The van der Waals surface area contributed by atoms with E-state index in [9.17, 15) is 5.26 Å². The fourth-order valence-corrected chi connectivity index (χ4v) is 7.85. The summed E-state index contributed by atoms with van der Waals surface area (Å²) in [5.41, 5.74) is 8.50. The fraction of sp³-hybridized carbons (Fsp3) is 0. The molecular weight excluding hydrogens is 665 g/mol. The highest BCUT2D eigenvalue weighted by atomic mass is 16.3. The number of benzene rings is 7. The molecule has 250 valence electrons. The van der Waals surface area contributed by atoms with Gasteiger partial charge < -0.3 is 4.42 Å². The Hall–Kier alpha value is -7.69. The molecule has 0 spiro atoms. The van der Waals surface area contributed by atoms with Crippen molar-refractivity contribution < 1.29 is 4.42 Å². The van der Waals surface area contributed by atoms with Crippen LogP contribution in [-0.2, 0) is 0 Å². The largest absolute Gasteiger partial charge is 0.456 e. The van der Waals surface area contributed by atoms with Crippen LogP contribution >= 0.6 is 0 Å². The maximum Gasteiger partial charge on any atom is 0.238 e. The zero-order chi connectivity index (χ0) is 35.8. The van der Waals surface area contributed by atoms with Crippen LogP contribution in [0.3, 0.4) is 0 Å². The van der Waals surface area contributed by atoms with Crippen molar-refractivity contribution in [2.45, 2.75) is 0 Å². The first kappa shape index (κ1) is 30.0. The molecule has 4 aromatic heterocycles. The van der Waals surface area contributed by atoms with E-state index in [2.05, 4.69) is 77.4 Å². The Morgan fingerprint density at radius 1 is 0.463 bits per heavy atom. The normalized spacial score (nSPS) is 11.7. The lowest BCUT2D eigenvalue weighted by atomic mass is 9.96. The molecule has 0 atom stereocenters. The average molecular weight is 691 g/mol. The van der Waals surface area contributed by atoms with Crippen molar-refractivity contribution in [3.63, 3.8) is 0 Å². The van der Waals surface area contributed by atoms with Crippen LogP contribution in [0.5, 0.6) is 0 Å². The summed E-state index contributed by atoms with van der Waals surface area (Å²) in [6.45, 7) is 0. The van der Waals surface area contributed by atoms with Gasteiger partial charge in [0.25, 0.3) is 0 Å². The lowest BCUT2D eigenvalue weighted by Crippen LogP contribution is -2.06. The summed E-state index contributed by atoms with van der Waals surface area (Å²) in [5, 5.41) is 17.1. The van der Waals surface area contributed by atoms with Gasteiger partial charge in [-0.25, -0.2) is 9.97 Å². The van der Waals surface area contributed by atoms with E-state index in [0.29, 0.717) is 23.2 Å². The van der Waals surface area contributed by atoms with Crippen molar-refractivity contribution in [2.75, 3.05) is 0 Å². The molecule has 11 aromatic rings. The Labute approximate surface area is 308 Å². The summed E-state index contributed by atoms with van der Waals surface area (Å²) in [4.78, 5) is 20.5. The lowest BCUT2D eigenvalue weighted by Gasteiger charge is -2.12. The molecule has 0 N–H and O–H groups in total. The highest BCUT2D eigenvalue weighted by Gasteiger charge is 2.21. The molecule has 54 heavy (non-hydrogen) atoms. The molecule has 7 heteroatoms. The van der Waals surface area contributed by atoms with E-state index in [1.165, 1.54) is 0 Å². The van der Waals surface area contributed by atoms with Gasteiger partial charge in [0.05, 0.1) is 33.9 Å². The Morgan fingerprint density at radius 3 is 1.87 bits per heavy atom. The van der Waals surface area contributed by atoms with E-state index in [4.69, 9.17) is 24.4 Å². The average Bonchev–Trinajstić information content (AvgIpc) is 3.79. The fourth-order valence-electron chi connectivity index (χ4n) is 7.85. The molecule has 0 unspecified atom stereocenters. The van der Waals surface area contributed by atoms with Gasteiger partial charge in [-0.2, -0.15) is 15.2 Å². The molecule has 7 aromatic carbocycles. The number of hydrogen-bond acceptors (Lipinski definition) is 6. The molecule has 0 bridgehead atoms. The van der Waals surface area contributed by atoms with E-state index >= 15 is 0 Å². The number of furan rings is 1. The highest BCUT2D eigenvalue weighted by Crippen LogP contribution is 2.42. The molecule has 4 heterocycles. The van der Waals surface area contributed by atoms with Crippen LogP contribution < -0.4 is 0 Å². The van der Waals surface area contributed by atoms with Gasteiger partial charge in [-0.15, -0.1) is 0 Å². The number of pyridine rings is 1. The zero-order valence-corrected chi connectivity index (χ0v) is 28.6. The van der Waals surface area contributed by atoms with Crippen LogP contribution in [0, 0.1) is 11.3 Å². The van der Waals surface area contributed by atoms with Crippen LogP contribution in [0.2, 0.25) is 0 Å². The Bertz CT molecular complexity index is 3300. The molecule has 0 saturated carbocycles. The van der Waals surface area contributed by atoms with E-state index in [1.54, 1.807) is 6.07 Å². The van der Waals surface area contributed by atoms with Crippen molar-refractivity contribution in [2.24, 2.45) is 0 Å². The number of nitrogens with zero attached hydrogens (tertiary/aromatic N) is 6. The van der Waals surface area contributed by atoms with Crippen molar-refractivity contribution in [1.82, 2.24) is 24.5 Å². The van der Waals surface area contributed by atoms with Gasteiger partial charge in [-0.05, 0) is 60.7 Å². The standard InChI is InChI=1S/C47H26N6O/c48-27-28-11-10-14-30(25-28)45-50-46(52-47(51-45)53-38-19-8-5-15-32(38)33-16-6-9-20-39(33)53)31-21-23-40-36(26-31)43-41(54-40)24-22-35-42(43)34-17-4-7-18-37(34)49-44(35)29-12-2-1-3-13-29/h1-26H. The third-order valence-electron chi connectivity index (χ3n) is 10.3. The molecule has 0 aliphatic heterocycles. The van der Waals surface area contributed by atoms with E-state index in [1.807, 2.05) is 84.9 Å². The summed E-state index contributed by atoms with van der Waals surface area (Å²) in [5.74, 6) is 1.47. The molecule has 0 aliphatic rings. The number of nitriles is 1. The van der Waals surface area contributed by atoms with E-state index in [-0.39, 0.29) is 0 Å². The third-order valence-corrected chi connectivity index (χ3v) is 10.3. The third kappa shape index (κ3) is 4.54. The minimum atomic E-state index is 0.473. The molecule has 0 radical (unpaired) electrons. The molecule has 0 fully saturated rings. The van der Waals surface area contributed by atoms with Gasteiger partial charge in [0.2, 0.25) is 5.95 Å². The molecule has 0 aliphatic carbocycles. The second kappa shape index (κ2) is 11.7. The minimum absolute atomic E-state index is 0.473. The number of hydrogen-bond donors (Lipinski definition) is 0. The summed E-state index contributed by atoms with van der Waals surface area (Å²) < 4.78 is 8.63. The number of fused-ring (bicyclic) bond motifs is 10. The lowest BCUT2D eigenvalue weighted by molar-refractivity contribution is 0.669. The molecule has 0 saturated heterocycles. The molecular formula is C47H26N6O. The minimum Gasteiger partial charge on any atom is -0.456 e. The number of rotatable bonds is 4. The van der Waals surface area contributed by atoms with Gasteiger partial charge in [-0.3, -0.25) is 4.57 Å². The molecule has 0 amide bonds. The predicted molar refractivity (Wildman–Crippen MR) is 215 cm³/mol. The number of para-hydroxylation sites is 3. The van der Waals surface area contributed by atoms with E-state index < -0.39 is 0 Å². The van der Waals surface area contributed by atoms with E-state index in [0.717, 1.165) is 87.8 Å². The predicted octanol–water partition coefficient (Wildman–Crippen LogP) is 11.4. The van der Waals surface area contributed by atoms with Crippen LogP contribution in [0.15, 0.2) is 162 Å². The van der Waals surface area contributed by atoms with Crippen molar-refractivity contribution in [3.8, 4) is 46.1 Å². The Kier molecular flexibility index (Phi) is 6.48. The molecule has 11 rings (SSSR count). The van der Waals surface area contributed by atoms with Crippen molar-refractivity contribution in [3.05, 3.63) is 163 Å². The van der Waals surface area contributed by atoms with Gasteiger partial charge in [0, 0.05) is 54.4 Å². The summed E-state index contributed by atoms with van der Waals surface area (Å²) in [6.07, 6.45) is 0. The molecule has 7 nitrogen and oxygen atoms in total. The first-order chi connectivity index (χ1) is 26.7. The van der Waals surface area contributed by atoms with Gasteiger partial charge in [-0.1, -0.05) is 97.1 Å². The zero-order valence-electron chi connectivity index (χ0n) is 28.6. The first-order valence-corrected chi connectivity index (χ1v) is 17.7. The van der Waals surface area contributed by atoms with Crippen LogP contribution in [0.4, 0.5) is 0 Å². The second-order valence-electron chi connectivity index (χ2n) is 13.4. The highest BCUT2D eigenvalue weighted by molar-refractivity contribution is 6.28. The van der Waals surface area contributed by atoms with Gasteiger partial charge in [0.1, 0.15) is 11.2 Å². The SMILES string of the molecule is N#Cc1cccc(-c2nc(-c3ccc4oc5ccc6c(-c7ccccc7)nc7ccccc7c6c5c4c3)nc(-n3c4ccccc4c4ccccc43)n2)c1. The maximum absolute atomic E-state index is 9.75. The summed E-state index contributed by atoms with van der Waals surface area (Å²) in [7, 11) is 0. The van der Waals surface area contributed by atoms with Gasteiger partial charge >= 0.3 is 0 Å². The first-order valence-electron chi connectivity index (χ1n) is 17.7. The second-order valence-corrected chi connectivity index (χ2v) is 13.4. The Morgan fingerprint density at radius 2 is 1.11 bits per heavy atom. The van der Waals surface area contributed by atoms with Crippen LogP contribution in [0.25, 0.3) is 105 Å². The quantitative estimate of drug-likeness (QED) is 0.171. The van der Waals surface area contributed by atoms with Crippen LogP contribution in [-0.4, -0.2) is 24.5 Å². The summed E-state index contributed by atoms with van der Waals surface area (Å²) >= 11 is 0. The maximum atomic E-state index is 9.75. The van der Waals surface area contributed by atoms with Crippen LogP contribution in [0.1, 0.15) is 5.56 Å². The van der Waals surface area contributed by atoms with Crippen molar-refractivity contribution >= 4 is 65.4 Å². The summed E-state index contributed by atoms with van der Waals surface area (Å²) in [6, 6.07) is 55.1.